The second-order valence-corrected chi connectivity index (χ2v) is 6.49. The third kappa shape index (κ3) is 4.27. The predicted molar refractivity (Wildman–Crippen MR) is 103 cm³/mol. The summed E-state index contributed by atoms with van der Waals surface area (Å²) in [6.45, 7) is 4.55. The first-order valence-corrected chi connectivity index (χ1v) is 8.60. The number of carbonyl (C=O) groups is 1. The van der Waals surface area contributed by atoms with E-state index in [4.69, 9.17) is 0 Å². The number of rotatable bonds is 6. The molecule has 0 atom stereocenters. The van der Waals surface area contributed by atoms with Gasteiger partial charge in [-0.3, -0.25) is 4.79 Å². The summed E-state index contributed by atoms with van der Waals surface area (Å²) in [5.74, 6) is 0.488. The van der Waals surface area contributed by atoms with Crippen molar-refractivity contribution >= 4 is 11.9 Å². The predicted octanol–water partition coefficient (Wildman–Crippen LogP) is 3.23. The van der Waals surface area contributed by atoms with Crippen LogP contribution < -0.4 is 10.6 Å². The van der Waals surface area contributed by atoms with Crippen molar-refractivity contribution < 1.29 is 4.79 Å². The Morgan fingerprint density at radius 1 is 1.12 bits per heavy atom. The van der Waals surface area contributed by atoms with Crippen molar-refractivity contribution in [2.45, 2.75) is 26.4 Å². The van der Waals surface area contributed by atoms with Gasteiger partial charge in [-0.1, -0.05) is 30.3 Å². The van der Waals surface area contributed by atoms with Crippen molar-refractivity contribution in [3.63, 3.8) is 0 Å². The van der Waals surface area contributed by atoms with E-state index in [9.17, 15) is 4.79 Å². The summed E-state index contributed by atoms with van der Waals surface area (Å²) in [5.41, 5.74) is 3.56. The van der Waals surface area contributed by atoms with Gasteiger partial charge in [0.15, 0.2) is 0 Å². The topological polar surface area (TPSA) is 71.8 Å². The van der Waals surface area contributed by atoms with Gasteiger partial charge in [0.25, 0.3) is 5.91 Å². The van der Waals surface area contributed by atoms with Crippen molar-refractivity contribution in [2.24, 2.45) is 7.05 Å². The van der Waals surface area contributed by atoms with E-state index in [-0.39, 0.29) is 11.9 Å². The average Bonchev–Trinajstić information content (AvgIpc) is 3.03. The van der Waals surface area contributed by atoms with Crippen LogP contribution in [0.5, 0.6) is 0 Å². The minimum Gasteiger partial charge on any atom is -0.350 e. The van der Waals surface area contributed by atoms with Crippen LogP contribution in [-0.4, -0.2) is 26.5 Å². The highest BCUT2D eigenvalue weighted by atomic mass is 16.2. The van der Waals surface area contributed by atoms with Gasteiger partial charge in [0.2, 0.25) is 5.95 Å². The molecular formula is C20H23N5O. The highest BCUT2D eigenvalue weighted by Gasteiger charge is 2.14. The standard InChI is InChI=1S/C20H23N5O/c1-14(2)24-19(26)18-9-16(13-25(18)3)17-11-22-20(23-12-17)21-10-15-7-5-4-6-8-15/h4-9,11-14H,10H2,1-3H3,(H,24,26)(H,21,22,23). The molecule has 0 spiro atoms. The second kappa shape index (κ2) is 7.82. The normalized spacial score (nSPS) is 10.8. The molecule has 0 bridgehead atoms. The van der Waals surface area contributed by atoms with Crippen molar-refractivity contribution in [1.82, 2.24) is 19.9 Å². The van der Waals surface area contributed by atoms with E-state index < -0.39 is 0 Å². The fraction of sp³-hybridized carbons (Fsp3) is 0.250. The Labute approximate surface area is 153 Å². The monoisotopic (exact) mass is 349 g/mol. The lowest BCUT2D eigenvalue weighted by Crippen LogP contribution is -2.31. The number of aromatic nitrogens is 3. The second-order valence-electron chi connectivity index (χ2n) is 6.49. The molecule has 2 heterocycles. The van der Waals surface area contributed by atoms with Crippen molar-refractivity contribution in [3.8, 4) is 11.1 Å². The summed E-state index contributed by atoms with van der Waals surface area (Å²) in [6.07, 6.45) is 5.44. The Balaban J connectivity index is 1.69. The van der Waals surface area contributed by atoms with Crippen LogP contribution in [0.3, 0.4) is 0 Å². The lowest BCUT2D eigenvalue weighted by atomic mass is 10.2. The number of benzene rings is 1. The molecular weight excluding hydrogens is 326 g/mol. The molecule has 2 aromatic heterocycles. The zero-order valence-electron chi connectivity index (χ0n) is 15.2. The van der Waals surface area contributed by atoms with Gasteiger partial charge in [-0.15, -0.1) is 0 Å². The van der Waals surface area contributed by atoms with Gasteiger partial charge in [0, 0.05) is 49.4 Å². The summed E-state index contributed by atoms with van der Waals surface area (Å²) >= 11 is 0. The van der Waals surface area contributed by atoms with Gasteiger partial charge in [-0.2, -0.15) is 0 Å². The number of hydrogen-bond acceptors (Lipinski definition) is 4. The SMILES string of the molecule is CC(C)NC(=O)c1cc(-c2cnc(NCc3ccccc3)nc2)cn1C. The summed E-state index contributed by atoms with van der Waals surface area (Å²) in [7, 11) is 1.86. The number of nitrogens with one attached hydrogen (secondary N) is 2. The van der Waals surface area contributed by atoms with Gasteiger partial charge < -0.3 is 15.2 Å². The van der Waals surface area contributed by atoms with E-state index in [0.29, 0.717) is 18.2 Å². The Hall–Kier alpha value is -3.15. The molecule has 3 aromatic rings. The van der Waals surface area contributed by atoms with Gasteiger partial charge in [-0.05, 0) is 25.5 Å². The number of nitrogens with zero attached hydrogens (tertiary/aromatic N) is 3. The molecule has 0 aliphatic carbocycles. The number of anilines is 1. The van der Waals surface area contributed by atoms with Crippen LogP contribution in [-0.2, 0) is 13.6 Å². The van der Waals surface area contributed by atoms with E-state index >= 15 is 0 Å². The van der Waals surface area contributed by atoms with Gasteiger partial charge in [-0.25, -0.2) is 9.97 Å². The van der Waals surface area contributed by atoms with Crippen molar-refractivity contribution in [1.29, 1.82) is 0 Å². The molecule has 26 heavy (non-hydrogen) atoms. The molecule has 0 unspecified atom stereocenters. The fourth-order valence-electron chi connectivity index (χ4n) is 2.63. The molecule has 0 aliphatic heterocycles. The van der Waals surface area contributed by atoms with Crippen LogP contribution in [0.15, 0.2) is 55.0 Å². The number of amides is 1. The summed E-state index contributed by atoms with van der Waals surface area (Å²) < 4.78 is 1.81. The molecule has 0 aliphatic rings. The average molecular weight is 349 g/mol. The molecule has 6 heteroatoms. The molecule has 0 radical (unpaired) electrons. The zero-order valence-corrected chi connectivity index (χ0v) is 15.2. The maximum Gasteiger partial charge on any atom is 0.268 e. The third-order valence-corrected chi connectivity index (χ3v) is 3.94. The smallest absolute Gasteiger partial charge is 0.268 e. The molecule has 2 N–H and O–H groups in total. The first kappa shape index (κ1) is 17.7. The molecule has 6 nitrogen and oxygen atoms in total. The number of aryl methyl sites for hydroxylation is 1. The lowest BCUT2D eigenvalue weighted by molar-refractivity contribution is 0.0935. The van der Waals surface area contributed by atoms with E-state index in [1.165, 1.54) is 5.56 Å². The zero-order chi connectivity index (χ0) is 18.5. The highest BCUT2D eigenvalue weighted by Crippen LogP contribution is 2.21. The van der Waals surface area contributed by atoms with E-state index in [2.05, 4.69) is 32.7 Å². The Bertz CT molecular complexity index is 869. The third-order valence-electron chi connectivity index (χ3n) is 3.94. The maximum absolute atomic E-state index is 12.2. The van der Waals surface area contributed by atoms with Crippen LogP contribution in [0.4, 0.5) is 5.95 Å². The lowest BCUT2D eigenvalue weighted by Gasteiger charge is -2.08. The minimum atomic E-state index is -0.0872. The van der Waals surface area contributed by atoms with Gasteiger partial charge in [0.1, 0.15) is 5.69 Å². The minimum absolute atomic E-state index is 0.0872. The van der Waals surface area contributed by atoms with Crippen molar-refractivity contribution in [2.75, 3.05) is 5.32 Å². The van der Waals surface area contributed by atoms with Gasteiger partial charge >= 0.3 is 0 Å². The van der Waals surface area contributed by atoms with Crippen LogP contribution in [0, 0.1) is 0 Å². The first-order valence-electron chi connectivity index (χ1n) is 8.60. The van der Waals surface area contributed by atoms with Crippen LogP contribution in [0.1, 0.15) is 29.9 Å². The van der Waals surface area contributed by atoms with E-state index in [1.54, 1.807) is 12.4 Å². The van der Waals surface area contributed by atoms with Crippen LogP contribution in [0.25, 0.3) is 11.1 Å². The maximum atomic E-state index is 12.2. The van der Waals surface area contributed by atoms with Crippen LogP contribution in [0.2, 0.25) is 0 Å². The quantitative estimate of drug-likeness (QED) is 0.717. The van der Waals surface area contributed by atoms with E-state index in [1.807, 2.05) is 55.9 Å². The molecule has 3 rings (SSSR count). The molecule has 0 saturated carbocycles. The molecule has 1 aromatic carbocycles. The fourth-order valence-corrected chi connectivity index (χ4v) is 2.63. The Morgan fingerprint density at radius 3 is 2.46 bits per heavy atom. The molecule has 1 amide bonds. The highest BCUT2D eigenvalue weighted by molar-refractivity contribution is 5.94. The van der Waals surface area contributed by atoms with Crippen LogP contribution >= 0.6 is 0 Å². The Morgan fingerprint density at radius 2 is 1.81 bits per heavy atom. The van der Waals surface area contributed by atoms with Gasteiger partial charge in [0.05, 0.1) is 0 Å². The summed E-state index contributed by atoms with van der Waals surface area (Å²) in [6, 6.07) is 12.0. The molecule has 0 saturated heterocycles. The van der Waals surface area contributed by atoms with E-state index in [0.717, 1.165) is 11.1 Å². The first-order chi connectivity index (χ1) is 12.5. The summed E-state index contributed by atoms with van der Waals surface area (Å²) in [4.78, 5) is 21.0. The summed E-state index contributed by atoms with van der Waals surface area (Å²) in [5, 5.41) is 6.11. The molecule has 134 valence electrons. The largest absolute Gasteiger partial charge is 0.350 e. The Kier molecular flexibility index (Phi) is 5.31. The van der Waals surface area contributed by atoms with Crippen molar-refractivity contribution in [3.05, 3.63) is 66.2 Å². The number of carbonyl (C=O) groups excluding carboxylic acids is 1. The molecule has 0 fully saturated rings. The number of hydrogen-bond donors (Lipinski definition) is 2.